The van der Waals surface area contributed by atoms with Gasteiger partial charge in [-0.2, -0.15) is 4.31 Å². The summed E-state index contributed by atoms with van der Waals surface area (Å²) in [6.07, 6.45) is 0. The van der Waals surface area contributed by atoms with Crippen LogP contribution in [0.5, 0.6) is 0 Å². The molecule has 1 fully saturated rings. The second kappa shape index (κ2) is 8.51. The Kier molecular flexibility index (Phi) is 5.97. The van der Waals surface area contributed by atoms with Gasteiger partial charge in [0.15, 0.2) is 5.82 Å². The third kappa shape index (κ3) is 4.16. The Morgan fingerprint density at radius 3 is 2.20 bits per heavy atom. The van der Waals surface area contributed by atoms with E-state index in [4.69, 9.17) is 23.2 Å². The van der Waals surface area contributed by atoms with Gasteiger partial charge in [0, 0.05) is 31.7 Å². The predicted octanol–water partition coefficient (Wildman–Crippen LogP) is 4.27. The van der Waals surface area contributed by atoms with Crippen molar-refractivity contribution in [2.24, 2.45) is 0 Å². The largest absolute Gasteiger partial charge is 0.352 e. The molecule has 4 rings (SSSR count). The first kappa shape index (κ1) is 21.1. The van der Waals surface area contributed by atoms with Gasteiger partial charge in [0.2, 0.25) is 10.0 Å². The number of benzene rings is 2. The highest BCUT2D eigenvalue weighted by molar-refractivity contribution is 7.89. The number of piperazine rings is 1. The van der Waals surface area contributed by atoms with Gasteiger partial charge in [-0.3, -0.25) is 0 Å². The molecular weight excluding hydrogens is 443 g/mol. The molecule has 0 bridgehead atoms. The van der Waals surface area contributed by atoms with Gasteiger partial charge in [-0.25, -0.2) is 8.42 Å². The van der Waals surface area contributed by atoms with Crippen LogP contribution < -0.4 is 4.90 Å². The summed E-state index contributed by atoms with van der Waals surface area (Å²) in [7, 11) is -3.71. The highest BCUT2D eigenvalue weighted by atomic mass is 35.5. The van der Waals surface area contributed by atoms with E-state index in [-0.39, 0.29) is 14.9 Å². The molecule has 30 heavy (non-hydrogen) atoms. The van der Waals surface area contributed by atoms with Crippen LogP contribution in [0.3, 0.4) is 0 Å². The lowest BCUT2D eigenvalue weighted by atomic mass is 10.1. The van der Waals surface area contributed by atoms with Crippen LogP contribution in [0, 0.1) is 6.92 Å². The van der Waals surface area contributed by atoms with E-state index in [0.717, 1.165) is 17.1 Å². The SMILES string of the molecule is Cc1ccc(-c2ccc(N3CCN(S(=O)(=O)c4cccc(Cl)c4Cl)CC3)nn2)cc1. The first-order chi connectivity index (χ1) is 14.4. The number of hydrogen-bond acceptors (Lipinski definition) is 5. The van der Waals surface area contributed by atoms with Crippen molar-refractivity contribution in [3.63, 3.8) is 0 Å². The topological polar surface area (TPSA) is 66.4 Å². The lowest BCUT2D eigenvalue weighted by Gasteiger charge is -2.34. The highest BCUT2D eigenvalue weighted by Crippen LogP contribution is 2.31. The zero-order valence-electron chi connectivity index (χ0n) is 16.3. The second-order valence-electron chi connectivity index (χ2n) is 7.09. The average molecular weight is 463 g/mol. The Hall–Kier alpha value is -2.19. The number of nitrogens with zero attached hydrogens (tertiary/aromatic N) is 4. The molecule has 1 aliphatic rings. The summed E-state index contributed by atoms with van der Waals surface area (Å²) in [5.41, 5.74) is 3.00. The van der Waals surface area contributed by atoms with E-state index in [9.17, 15) is 8.42 Å². The van der Waals surface area contributed by atoms with Gasteiger partial charge in [-0.05, 0) is 31.2 Å². The Morgan fingerprint density at radius 1 is 0.867 bits per heavy atom. The number of hydrogen-bond donors (Lipinski definition) is 0. The van der Waals surface area contributed by atoms with Crippen LogP contribution in [-0.4, -0.2) is 49.1 Å². The van der Waals surface area contributed by atoms with E-state index in [1.807, 2.05) is 48.2 Å². The van der Waals surface area contributed by atoms with Crippen molar-refractivity contribution in [3.05, 3.63) is 70.2 Å². The van der Waals surface area contributed by atoms with Gasteiger partial charge in [0.25, 0.3) is 0 Å². The van der Waals surface area contributed by atoms with Crippen molar-refractivity contribution in [2.45, 2.75) is 11.8 Å². The number of aromatic nitrogens is 2. The van der Waals surface area contributed by atoms with Crippen molar-refractivity contribution >= 4 is 39.0 Å². The van der Waals surface area contributed by atoms with E-state index in [2.05, 4.69) is 10.2 Å². The maximum atomic E-state index is 13.0. The van der Waals surface area contributed by atoms with Crippen LogP contribution in [0.15, 0.2) is 59.5 Å². The first-order valence-corrected chi connectivity index (χ1v) is 11.7. The molecule has 0 spiro atoms. The second-order valence-corrected chi connectivity index (χ2v) is 9.78. The molecule has 3 aromatic rings. The van der Waals surface area contributed by atoms with Crippen LogP contribution in [0.1, 0.15) is 5.56 Å². The Morgan fingerprint density at radius 2 is 1.57 bits per heavy atom. The van der Waals surface area contributed by atoms with Crippen LogP contribution in [0.4, 0.5) is 5.82 Å². The van der Waals surface area contributed by atoms with E-state index < -0.39 is 10.0 Å². The molecule has 0 unspecified atom stereocenters. The van der Waals surface area contributed by atoms with E-state index in [1.54, 1.807) is 12.1 Å². The lowest BCUT2D eigenvalue weighted by Crippen LogP contribution is -2.49. The van der Waals surface area contributed by atoms with Gasteiger partial charge in [-0.15, -0.1) is 10.2 Å². The van der Waals surface area contributed by atoms with Gasteiger partial charge in [0.1, 0.15) is 4.90 Å². The monoisotopic (exact) mass is 462 g/mol. The maximum Gasteiger partial charge on any atom is 0.244 e. The minimum Gasteiger partial charge on any atom is -0.352 e. The van der Waals surface area contributed by atoms with Gasteiger partial charge >= 0.3 is 0 Å². The normalized spacial score (nSPS) is 15.4. The fourth-order valence-electron chi connectivity index (χ4n) is 3.35. The molecule has 0 atom stereocenters. The molecule has 9 heteroatoms. The number of halogens is 2. The molecule has 1 saturated heterocycles. The van der Waals surface area contributed by atoms with E-state index >= 15 is 0 Å². The summed E-state index contributed by atoms with van der Waals surface area (Å²) in [4.78, 5) is 2.06. The highest BCUT2D eigenvalue weighted by Gasteiger charge is 2.31. The molecule has 156 valence electrons. The zero-order chi connectivity index (χ0) is 21.3. The summed E-state index contributed by atoms with van der Waals surface area (Å²) in [6.45, 7) is 3.71. The molecule has 1 aliphatic heterocycles. The van der Waals surface area contributed by atoms with Crippen molar-refractivity contribution < 1.29 is 8.42 Å². The third-order valence-electron chi connectivity index (χ3n) is 5.09. The molecule has 2 aromatic carbocycles. The minimum atomic E-state index is -3.71. The van der Waals surface area contributed by atoms with Crippen molar-refractivity contribution in [1.82, 2.24) is 14.5 Å². The Labute approximate surface area is 186 Å². The van der Waals surface area contributed by atoms with Crippen LogP contribution in [-0.2, 0) is 10.0 Å². The van der Waals surface area contributed by atoms with E-state index in [1.165, 1.54) is 15.9 Å². The first-order valence-electron chi connectivity index (χ1n) is 9.46. The molecule has 1 aromatic heterocycles. The molecule has 0 radical (unpaired) electrons. The maximum absolute atomic E-state index is 13.0. The lowest BCUT2D eigenvalue weighted by molar-refractivity contribution is 0.383. The fourth-order valence-corrected chi connectivity index (χ4v) is 5.51. The summed E-state index contributed by atoms with van der Waals surface area (Å²) in [6, 6.07) is 16.6. The van der Waals surface area contributed by atoms with Crippen molar-refractivity contribution in [3.8, 4) is 11.3 Å². The number of rotatable bonds is 4. The van der Waals surface area contributed by atoms with Gasteiger partial charge in [-0.1, -0.05) is 59.1 Å². The minimum absolute atomic E-state index is 0.0346. The number of anilines is 1. The summed E-state index contributed by atoms with van der Waals surface area (Å²) < 4.78 is 27.4. The fraction of sp³-hybridized carbons (Fsp3) is 0.238. The van der Waals surface area contributed by atoms with Crippen molar-refractivity contribution in [2.75, 3.05) is 31.1 Å². The molecule has 0 amide bonds. The standard InChI is InChI=1S/C21H20Cl2N4O2S/c1-15-5-7-16(8-6-15)18-9-10-20(25-24-18)26-11-13-27(14-12-26)30(28,29)19-4-2-3-17(22)21(19)23/h2-10H,11-14H2,1H3. The van der Waals surface area contributed by atoms with E-state index in [0.29, 0.717) is 26.2 Å². The average Bonchev–Trinajstić information content (AvgIpc) is 2.76. The van der Waals surface area contributed by atoms with Crippen molar-refractivity contribution in [1.29, 1.82) is 0 Å². The Balaban J connectivity index is 1.45. The smallest absolute Gasteiger partial charge is 0.244 e. The summed E-state index contributed by atoms with van der Waals surface area (Å²) in [5, 5.41) is 8.95. The molecule has 0 saturated carbocycles. The molecular formula is C21H20Cl2N4O2S. The van der Waals surface area contributed by atoms with Crippen LogP contribution in [0.25, 0.3) is 11.3 Å². The van der Waals surface area contributed by atoms with Gasteiger partial charge in [0.05, 0.1) is 15.7 Å². The van der Waals surface area contributed by atoms with Gasteiger partial charge < -0.3 is 4.90 Å². The predicted molar refractivity (Wildman–Crippen MR) is 120 cm³/mol. The van der Waals surface area contributed by atoms with Crippen LogP contribution in [0.2, 0.25) is 10.0 Å². The van der Waals surface area contributed by atoms with Crippen LogP contribution >= 0.6 is 23.2 Å². The molecule has 2 heterocycles. The molecule has 0 aliphatic carbocycles. The quantitative estimate of drug-likeness (QED) is 0.578. The number of aryl methyl sites for hydroxylation is 1. The zero-order valence-corrected chi connectivity index (χ0v) is 18.6. The Bertz CT molecular complexity index is 1140. The third-order valence-corrected chi connectivity index (χ3v) is 7.97. The summed E-state index contributed by atoms with van der Waals surface area (Å²) in [5.74, 6) is 0.726. The molecule has 0 N–H and O–H groups in total. The summed E-state index contributed by atoms with van der Waals surface area (Å²) >= 11 is 12.1. The number of sulfonamides is 1. The molecule has 6 nitrogen and oxygen atoms in total.